The first kappa shape index (κ1) is 12.1. The minimum atomic E-state index is -0.317. The summed E-state index contributed by atoms with van der Waals surface area (Å²) in [6.07, 6.45) is 0.0340. The standard InChI is InChI=1S/C12H18N2O3/c1-8-5-10(17-13-8)11(15)14-6-9(2)16-12(3,4)7-14/h5,9H,6-7H2,1-4H3/t9-/m1/s1. The zero-order chi connectivity index (χ0) is 12.6. The van der Waals surface area contributed by atoms with E-state index in [0.29, 0.717) is 24.5 Å². The molecule has 1 fully saturated rings. The third kappa shape index (κ3) is 2.66. The number of morpholine rings is 1. The van der Waals surface area contributed by atoms with Gasteiger partial charge in [-0.05, 0) is 27.7 Å². The van der Waals surface area contributed by atoms with E-state index in [1.54, 1.807) is 17.9 Å². The van der Waals surface area contributed by atoms with E-state index in [-0.39, 0.29) is 17.6 Å². The second-order valence-electron chi connectivity index (χ2n) is 5.21. The van der Waals surface area contributed by atoms with Crippen LogP contribution in [0.3, 0.4) is 0 Å². The molecule has 1 aliphatic heterocycles. The Labute approximate surface area is 101 Å². The second-order valence-corrected chi connectivity index (χ2v) is 5.21. The molecule has 0 N–H and O–H groups in total. The number of carbonyl (C=O) groups is 1. The van der Waals surface area contributed by atoms with Gasteiger partial charge in [-0.15, -0.1) is 0 Å². The van der Waals surface area contributed by atoms with E-state index in [1.165, 1.54) is 0 Å². The molecule has 0 bridgehead atoms. The summed E-state index contributed by atoms with van der Waals surface area (Å²) in [6, 6.07) is 1.66. The van der Waals surface area contributed by atoms with Gasteiger partial charge in [0.05, 0.1) is 17.4 Å². The van der Waals surface area contributed by atoms with Gasteiger partial charge in [-0.2, -0.15) is 0 Å². The Morgan fingerprint density at radius 3 is 2.82 bits per heavy atom. The Bertz CT molecular complexity index is 425. The van der Waals surface area contributed by atoms with E-state index in [4.69, 9.17) is 9.26 Å². The molecule has 17 heavy (non-hydrogen) atoms. The molecule has 0 saturated carbocycles. The fourth-order valence-electron chi connectivity index (χ4n) is 2.23. The van der Waals surface area contributed by atoms with Crippen LogP contribution in [-0.4, -0.2) is 40.8 Å². The van der Waals surface area contributed by atoms with Gasteiger partial charge >= 0.3 is 0 Å². The molecule has 5 heteroatoms. The summed E-state index contributed by atoms with van der Waals surface area (Å²) < 4.78 is 10.8. The fourth-order valence-corrected chi connectivity index (χ4v) is 2.23. The predicted octanol–water partition coefficient (Wildman–Crippen LogP) is 1.62. The average Bonchev–Trinajstić information content (AvgIpc) is 2.60. The van der Waals surface area contributed by atoms with Crippen molar-refractivity contribution in [2.45, 2.75) is 39.4 Å². The van der Waals surface area contributed by atoms with Gasteiger partial charge in [0.1, 0.15) is 0 Å². The highest BCUT2D eigenvalue weighted by Crippen LogP contribution is 2.22. The van der Waals surface area contributed by atoms with Crippen molar-refractivity contribution in [2.24, 2.45) is 0 Å². The fraction of sp³-hybridized carbons (Fsp3) is 0.667. The van der Waals surface area contributed by atoms with Crippen LogP contribution < -0.4 is 0 Å². The molecule has 2 heterocycles. The summed E-state index contributed by atoms with van der Waals surface area (Å²) in [4.78, 5) is 13.9. The monoisotopic (exact) mass is 238 g/mol. The highest BCUT2D eigenvalue weighted by atomic mass is 16.5. The molecule has 94 valence electrons. The van der Waals surface area contributed by atoms with Crippen LogP contribution in [-0.2, 0) is 4.74 Å². The van der Waals surface area contributed by atoms with Crippen molar-refractivity contribution >= 4 is 5.91 Å². The van der Waals surface area contributed by atoms with Crippen LogP contribution in [0.25, 0.3) is 0 Å². The van der Waals surface area contributed by atoms with Crippen LogP contribution in [0, 0.1) is 6.92 Å². The minimum Gasteiger partial charge on any atom is -0.369 e. The lowest BCUT2D eigenvalue weighted by Gasteiger charge is -2.41. The molecule has 1 atom stereocenters. The van der Waals surface area contributed by atoms with E-state index < -0.39 is 0 Å². The summed E-state index contributed by atoms with van der Waals surface area (Å²) >= 11 is 0. The highest BCUT2D eigenvalue weighted by molar-refractivity contribution is 5.91. The SMILES string of the molecule is Cc1cc(C(=O)N2C[C@@H](C)OC(C)(C)C2)on1. The molecule has 0 spiro atoms. The number of nitrogens with zero attached hydrogens (tertiary/aromatic N) is 2. The zero-order valence-electron chi connectivity index (χ0n) is 10.7. The maximum absolute atomic E-state index is 12.2. The van der Waals surface area contributed by atoms with Crippen molar-refractivity contribution in [1.29, 1.82) is 0 Å². The van der Waals surface area contributed by atoms with E-state index >= 15 is 0 Å². The van der Waals surface area contributed by atoms with Crippen molar-refractivity contribution in [3.05, 3.63) is 17.5 Å². The molecule has 1 aromatic rings. The lowest BCUT2D eigenvalue weighted by atomic mass is 10.1. The third-order valence-electron chi connectivity index (χ3n) is 2.70. The quantitative estimate of drug-likeness (QED) is 0.746. The summed E-state index contributed by atoms with van der Waals surface area (Å²) in [5, 5.41) is 3.73. The molecule has 5 nitrogen and oxygen atoms in total. The predicted molar refractivity (Wildman–Crippen MR) is 61.8 cm³/mol. The zero-order valence-corrected chi connectivity index (χ0v) is 10.7. The van der Waals surface area contributed by atoms with Crippen LogP contribution in [0.2, 0.25) is 0 Å². The molecule has 2 rings (SSSR count). The van der Waals surface area contributed by atoms with E-state index in [9.17, 15) is 4.79 Å². The second kappa shape index (κ2) is 4.14. The van der Waals surface area contributed by atoms with Crippen LogP contribution in [0.1, 0.15) is 37.0 Å². The van der Waals surface area contributed by atoms with Crippen molar-refractivity contribution in [1.82, 2.24) is 10.1 Å². The number of aromatic nitrogens is 1. The number of rotatable bonds is 1. The first-order valence-corrected chi connectivity index (χ1v) is 5.78. The lowest BCUT2D eigenvalue weighted by Crippen LogP contribution is -2.53. The summed E-state index contributed by atoms with van der Waals surface area (Å²) in [5.41, 5.74) is 0.400. The van der Waals surface area contributed by atoms with Gasteiger partial charge in [0.15, 0.2) is 0 Å². The van der Waals surface area contributed by atoms with E-state index in [2.05, 4.69) is 5.16 Å². The Morgan fingerprint density at radius 2 is 2.29 bits per heavy atom. The maximum atomic E-state index is 12.2. The average molecular weight is 238 g/mol. The van der Waals surface area contributed by atoms with Crippen LogP contribution in [0.15, 0.2) is 10.6 Å². The number of hydrogen-bond acceptors (Lipinski definition) is 4. The van der Waals surface area contributed by atoms with Crippen LogP contribution in [0.5, 0.6) is 0 Å². The molecule has 1 saturated heterocycles. The van der Waals surface area contributed by atoms with Crippen molar-refractivity contribution in [3.63, 3.8) is 0 Å². The number of hydrogen-bond donors (Lipinski definition) is 0. The minimum absolute atomic E-state index is 0.0340. The summed E-state index contributed by atoms with van der Waals surface area (Å²) in [6.45, 7) is 8.88. The van der Waals surface area contributed by atoms with Gasteiger partial charge in [0.2, 0.25) is 5.76 Å². The van der Waals surface area contributed by atoms with Gasteiger partial charge in [-0.3, -0.25) is 4.79 Å². The first-order chi connectivity index (χ1) is 7.87. The van der Waals surface area contributed by atoms with Crippen LogP contribution in [0.4, 0.5) is 0 Å². The number of carbonyl (C=O) groups excluding carboxylic acids is 1. The Morgan fingerprint density at radius 1 is 1.59 bits per heavy atom. The third-order valence-corrected chi connectivity index (χ3v) is 2.70. The topological polar surface area (TPSA) is 55.6 Å². The Kier molecular flexibility index (Phi) is 2.95. The molecule has 1 aromatic heterocycles. The molecule has 0 radical (unpaired) electrons. The summed E-state index contributed by atoms with van der Waals surface area (Å²) in [7, 11) is 0. The number of ether oxygens (including phenoxy) is 1. The van der Waals surface area contributed by atoms with Gasteiger partial charge in [0.25, 0.3) is 5.91 Å². The van der Waals surface area contributed by atoms with Crippen molar-refractivity contribution < 1.29 is 14.1 Å². The number of aryl methyl sites for hydroxylation is 1. The summed E-state index contributed by atoms with van der Waals surface area (Å²) in [5.74, 6) is 0.182. The van der Waals surface area contributed by atoms with Gasteiger partial charge in [-0.25, -0.2) is 0 Å². The molecule has 0 aliphatic carbocycles. The molecule has 1 aliphatic rings. The Hall–Kier alpha value is -1.36. The molecule has 0 aromatic carbocycles. The lowest BCUT2D eigenvalue weighted by molar-refractivity contribution is -0.119. The van der Waals surface area contributed by atoms with E-state index in [0.717, 1.165) is 0 Å². The van der Waals surface area contributed by atoms with Crippen molar-refractivity contribution in [2.75, 3.05) is 13.1 Å². The van der Waals surface area contributed by atoms with Crippen molar-refractivity contribution in [3.8, 4) is 0 Å². The first-order valence-electron chi connectivity index (χ1n) is 5.78. The molecule has 0 unspecified atom stereocenters. The maximum Gasteiger partial charge on any atom is 0.292 e. The number of amides is 1. The molecule has 1 amide bonds. The van der Waals surface area contributed by atoms with Crippen LogP contribution >= 0.6 is 0 Å². The van der Waals surface area contributed by atoms with E-state index in [1.807, 2.05) is 20.8 Å². The largest absolute Gasteiger partial charge is 0.369 e. The molecular weight excluding hydrogens is 220 g/mol. The smallest absolute Gasteiger partial charge is 0.292 e. The van der Waals surface area contributed by atoms with Gasteiger partial charge in [0, 0.05) is 19.2 Å². The van der Waals surface area contributed by atoms with Gasteiger partial charge in [-0.1, -0.05) is 5.16 Å². The highest BCUT2D eigenvalue weighted by Gasteiger charge is 2.35. The molecular formula is C12H18N2O3. The normalized spacial score (nSPS) is 23.8. The Balaban J connectivity index is 2.14. The van der Waals surface area contributed by atoms with Gasteiger partial charge < -0.3 is 14.2 Å².